The SMILES string of the molecule is Cc1cnc(CNc2cc(S(N)(=O)=O)ccc2N)s1. The summed E-state index contributed by atoms with van der Waals surface area (Å²) in [5, 5.41) is 9.04. The van der Waals surface area contributed by atoms with Crippen LogP contribution >= 0.6 is 11.3 Å². The fraction of sp³-hybridized carbons (Fsp3) is 0.182. The zero-order valence-corrected chi connectivity index (χ0v) is 11.9. The van der Waals surface area contributed by atoms with E-state index in [1.54, 1.807) is 17.5 Å². The Morgan fingerprint density at radius 3 is 2.74 bits per heavy atom. The number of nitrogens with one attached hydrogen (secondary N) is 1. The van der Waals surface area contributed by atoms with Gasteiger partial charge in [0.15, 0.2) is 0 Å². The van der Waals surface area contributed by atoms with Crippen LogP contribution in [0.1, 0.15) is 9.88 Å². The third-order valence-corrected chi connectivity index (χ3v) is 4.28. The van der Waals surface area contributed by atoms with Gasteiger partial charge in [-0.15, -0.1) is 11.3 Å². The minimum absolute atomic E-state index is 0.0273. The maximum Gasteiger partial charge on any atom is 0.238 e. The molecule has 19 heavy (non-hydrogen) atoms. The van der Waals surface area contributed by atoms with Crippen LogP contribution in [-0.2, 0) is 16.6 Å². The minimum Gasteiger partial charge on any atom is -0.397 e. The van der Waals surface area contributed by atoms with Crippen LogP contribution < -0.4 is 16.2 Å². The highest BCUT2D eigenvalue weighted by Gasteiger charge is 2.10. The first kappa shape index (κ1) is 13.8. The van der Waals surface area contributed by atoms with Gasteiger partial charge in [0.05, 0.1) is 22.8 Å². The van der Waals surface area contributed by atoms with E-state index in [2.05, 4.69) is 10.3 Å². The molecule has 0 bridgehead atoms. The molecule has 1 aromatic carbocycles. The summed E-state index contributed by atoms with van der Waals surface area (Å²) in [6.07, 6.45) is 1.78. The lowest BCUT2D eigenvalue weighted by Gasteiger charge is -2.09. The Bertz CT molecular complexity index is 694. The van der Waals surface area contributed by atoms with Crippen LogP contribution in [0.15, 0.2) is 29.3 Å². The zero-order chi connectivity index (χ0) is 14.0. The Morgan fingerprint density at radius 1 is 1.42 bits per heavy atom. The van der Waals surface area contributed by atoms with E-state index in [1.807, 2.05) is 6.92 Å². The number of hydrogen-bond acceptors (Lipinski definition) is 6. The Kier molecular flexibility index (Phi) is 3.74. The number of aryl methyl sites for hydroxylation is 1. The number of anilines is 2. The van der Waals surface area contributed by atoms with Crippen LogP contribution in [0.3, 0.4) is 0 Å². The van der Waals surface area contributed by atoms with Crippen molar-refractivity contribution < 1.29 is 8.42 Å². The molecular formula is C11H14N4O2S2. The fourth-order valence-corrected chi connectivity index (χ4v) is 2.79. The van der Waals surface area contributed by atoms with Gasteiger partial charge in [-0.1, -0.05) is 0 Å². The normalized spacial score (nSPS) is 11.5. The molecule has 8 heteroatoms. The second-order valence-electron chi connectivity index (χ2n) is 4.01. The first-order valence-electron chi connectivity index (χ1n) is 5.44. The highest BCUT2D eigenvalue weighted by atomic mass is 32.2. The highest BCUT2D eigenvalue weighted by molar-refractivity contribution is 7.89. The highest BCUT2D eigenvalue weighted by Crippen LogP contribution is 2.23. The van der Waals surface area contributed by atoms with Crippen molar-refractivity contribution in [2.45, 2.75) is 18.4 Å². The lowest BCUT2D eigenvalue weighted by atomic mass is 10.2. The number of nitrogens with two attached hydrogens (primary N) is 2. The number of benzene rings is 1. The molecule has 0 amide bonds. The number of nitrogens with zero attached hydrogens (tertiary/aromatic N) is 1. The molecule has 0 fully saturated rings. The smallest absolute Gasteiger partial charge is 0.238 e. The molecule has 0 aliphatic heterocycles. The Balaban J connectivity index is 2.20. The molecule has 5 N–H and O–H groups in total. The molecule has 1 aromatic heterocycles. The van der Waals surface area contributed by atoms with Gasteiger partial charge in [-0.2, -0.15) is 0 Å². The van der Waals surface area contributed by atoms with Gasteiger partial charge in [-0.05, 0) is 25.1 Å². The van der Waals surface area contributed by atoms with Crippen molar-refractivity contribution >= 4 is 32.7 Å². The lowest BCUT2D eigenvalue weighted by molar-refractivity contribution is 0.598. The zero-order valence-electron chi connectivity index (χ0n) is 10.3. The van der Waals surface area contributed by atoms with Crippen LogP contribution in [0.25, 0.3) is 0 Å². The Morgan fingerprint density at radius 2 is 2.16 bits per heavy atom. The third-order valence-electron chi connectivity index (χ3n) is 2.45. The van der Waals surface area contributed by atoms with Crippen molar-refractivity contribution in [1.82, 2.24) is 4.98 Å². The summed E-state index contributed by atoms with van der Waals surface area (Å²) in [5.74, 6) is 0. The predicted molar refractivity (Wildman–Crippen MR) is 76.4 cm³/mol. The molecule has 0 saturated carbocycles. The summed E-state index contributed by atoms with van der Waals surface area (Å²) in [6, 6.07) is 4.31. The first-order valence-corrected chi connectivity index (χ1v) is 7.80. The van der Waals surface area contributed by atoms with E-state index in [1.165, 1.54) is 18.2 Å². The quantitative estimate of drug-likeness (QED) is 0.737. The monoisotopic (exact) mass is 298 g/mol. The van der Waals surface area contributed by atoms with Crippen molar-refractivity contribution in [1.29, 1.82) is 0 Å². The minimum atomic E-state index is -3.73. The molecule has 0 unspecified atom stereocenters. The van der Waals surface area contributed by atoms with Crippen LogP contribution in [0.4, 0.5) is 11.4 Å². The molecule has 0 spiro atoms. The average molecular weight is 298 g/mol. The molecule has 0 atom stereocenters. The number of nitrogen functional groups attached to an aromatic ring is 1. The summed E-state index contributed by atoms with van der Waals surface area (Å²) < 4.78 is 22.5. The number of sulfonamides is 1. The van der Waals surface area contributed by atoms with E-state index in [0.29, 0.717) is 17.9 Å². The summed E-state index contributed by atoms with van der Waals surface area (Å²) in [7, 11) is -3.73. The van der Waals surface area contributed by atoms with Gasteiger partial charge in [-0.3, -0.25) is 0 Å². The number of hydrogen-bond donors (Lipinski definition) is 3. The van der Waals surface area contributed by atoms with Gasteiger partial charge < -0.3 is 11.1 Å². The van der Waals surface area contributed by atoms with E-state index < -0.39 is 10.0 Å². The Hall–Kier alpha value is -1.64. The predicted octanol–water partition coefficient (Wildman–Crippen LogP) is 1.29. The molecule has 0 aliphatic rings. The Labute approximate surface area is 115 Å². The lowest BCUT2D eigenvalue weighted by Crippen LogP contribution is -2.13. The standard InChI is InChI=1S/C11H14N4O2S2/c1-7-5-15-11(18-7)6-14-10-4-8(19(13,16)17)2-3-9(10)12/h2-5,14H,6,12H2,1H3,(H2,13,16,17). The molecule has 0 radical (unpaired) electrons. The van der Waals surface area contributed by atoms with Crippen molar-refractivity contribution in [3.63, 3.8) is 0 Å². The molecule has 6 nitrogen and oxygen atoms in total. The maximum atomic E-state index is 11.3. The summed E-state index contributed by atoms with van der Waals surface area (Å²) in [5.41, 5.74) is 6.77. The number of aromatic nitrogens is 1. The number of rotatable bonds is 4. The average Bonchev–Trinajstić information content (AvgIpc) is 2.72. The van der Waals surface area contributed by atoms with Gasteiger partial charge in [0.2, 0.25) is 10.0 Å². The second kappa shape index (κ2) is 5.16. The molecule has 2 aromatic rings. The van der Waals surface area contributed by atoms with Crippen LogP contribution in [0.5, 0.6) is 0 Å². The van der Waals surface area contributed by atoms with Crippen LogP contribution in [0.2, 0.25) is 0 Å². The van der Waals surface area contributed by atoms with Gasteiger partial charge >= 0.3 is 0 Å². The van der Waals surface area contributed by atoms with Crippen molar-refractivity contribution in [2.24, 2.45) is 5.14 Å². The molecular weight excluding hydrogens is 284 g/mol. The van der Waals surface area contributed by atoms with Crippen molar-refractivity contribution in [3.05, 3.63) is 34.3 Å². The molecule has 1 heterocycles. The van der Waals surface area contributed by atoms with E-state index in [0.717, 1.165) is 9.88 Å². The first-order chi connectivity index (χ1) is 8.86. The summed E-state index contributed by atoms with van der Waals surface area (Å²) in [4.78, 5) is 5.35. The van der Waals surface area contributed by atoms with E-state index in [9.17, 15) is 8.42 Å². The van der Waals surface area contributed by atoms with Crippen molar-refractivity contribution in [3.8, 4) is 0 Å². The van der Waals surface area contributed by atoms with Gasteiger partial charge in [-0.25, -0.2) is 18.5 Å². The third kappa shape index (κ3) is 3.43. The van der Waals surface area contributed by atoms with Gasteiger partial charge in [0.25, 0.3) is 0 Å². The molecule has 2 rings (SSSR count). The van der Waals surface area contributed by atoms with Crippen molar-refractivity contribution in [2.75, 3.05) is 11.1 Å². The largest absolute Gasteiger partial charge is 0.397 e. The fourth-order valence-electron chi connectivity index (χ4n) is 1.52. The number of primary sulfonamides is 1. The van der Waals surface area contributed by atoms with E-state index in [-0.39, 0.29) is 4.90 Å². The second-order valence-corrected chi connectivity index (χ2v) is 6.89. The topological polar surface area (TPSA) is 111 Å². The maximum absolute atomic E-state index is 11.3. The van der Waals surface area contributed by atoms with E-state index in [4.69, 9.17) is 10.9 Å². The van der Waals surface area contributed by atoms with E-state index >= 15 is 0 Å². The van der Waals surface area contributed by atoms with Crippen LogP contribution in [-0.4, -0.2) is 13.4 Å². The summed E-state index contributed by atoms with van der Waals surface area (Å²) in [6.45, 7) is 2.45. The van der Waals surface area contributed by atoms with Gasteiger partial charge in [0.1, 0.15) is 5.01 Å². The molecule has 102 valence electrons. The molecule has 0 aliphatic carbocycles. The van der Waals surface area contributed by atoms with Crippen LogP contribution in [0, 0.1) is 6.92 Å². The summed E-state index contributed by atoms with van der Waals surface area (Å²) >= 11 is 1.57. The van der Waals surface area contributed by atoms with Gasteiger partial charge in [0, 0.05) is 11.1 Å². The molecule has 0 saturated heterocycles. The number of thiazole rings is 1.